The molecule has 0 fully saturated rings. The van der Waals surface area contributed by atoms with Crippen molar-refractivity contribution in [1.29, 1.82) is 0 Å². The van der Waals surface area contributed by atoms with Gasteiger partial charge in [0.2, 0.25) is 0 Å². The number of fused-ring (bicyclic) bond motifs is 1. The molecule has 28 heavy (non-hydrogen) atoms. The van der Waals surface area contributed by atoms with Crippen molar-refractivity contribution in [2.75, 3.05) is 19.5 Å². The molecule has 1 N–H and O–H groups in total. The molecule has 1 aliphatic rings. The first-order chi connectivity index (χ1) is 13.6. The summed E-state index contributed by atoms with van der Waals surface area (Å²) in [5.74, 6) is 1.31. The third-order valence-corrected chi connectivity index (χ3v) is 7.13. The van der Waals surface area contributed by atoms with Crippen molar-refractivity contribution >= 4 is 34.8 Å². The van der Waals surface area contributed by atoms with Gasteiger partial charge in [0.05, 0.1) is 23.6 Å². The lowest BCUT2D eigenvalue weighted by molar-refractivity contribution is 0.0530. The smallest absolute Gasteiger partial charge is 0.348 e. The quantitative estimate of drug-likeness (QED) is 0.223. The molecule has 0 spiro atoms. The van der Waals surface area contributed by atoms with E-state index in [1.54, 1.807) is 25.8 Å². The average molecular weight is 418 g/mol. The van der Waals surface area contributed by atoms with Crippen molar-refractivity contribution < 1.29 is 19.5 Å². The molecule has 1 aromatic heterocycles. The van der Waals surface area contributed by atoms with Gasteiger partial charge in [-0.3, -0.25) is 0 Å². The fourth-order valence-electron chi connectivity index (χ4n) is 3.38. The van der Waals surface area contributed by atoms with Gasteiger partial charge in [0.25, 0.3) is 0 Å². The first kappa shape index (κ1) is 20.5. The van der Waals surface area contributed by atoms with Gasteiger partial charge in [-0.05, 0) is 42.5 Å². The van der Waals surface area contributed by atoms with Crippen LogP contribution in [-0.2, 0) is 11.2 Å². The Morgan fingerprint density at radius 3 is 2.75 bits per heavy atom. The second kappa shape index (κ2) is 9.30. The Kier molecular flexibility index (Phi) is 6.80. The van der Waals surface area contributed by atoms with Crippen molar-refractivity contribution in [3.8, 4) is 5.75 Å². The van der Waals surface area contributed by atoms with Crippen LogP contribution in [0.2, 0.25) is 0 Å². The van der Waals surface area contributed by atoms with Gasteiger partial charge < -0.3 is 14.7 Å². The average Bonchev–Trinajstić information content (AvgIpc) is 3.10. The summed E-state index contributed by atoms with van der Waals surface area (Å²) in [4.78, 5) is 13.2. The zero-order valence-corrected chi connectivity index (χ0v) is 17.6. The van der Waals surface area contributed by atoms with Crippen LogP contribution in [-0.4, -0.2) is 36.4 Å². The van der Waals surface area contributed by atoms with Crippen molar-refractivity contribution in [1.82, 2.24) is 0 Å². The number of hydrogen-bond acceptors (Lipinski definition) is 7. The normalized spacial score (nSPS) is 17.2. The van der Waals surface area contributed by atoms with E-state index in [0.717, 1.165) is 32.4 Å². The minimum absolute atomic E-state index is 0.115. The van der Waals surface area contributed by atoms with Gasteiger partial charge in [-0.15, -0.1) is 29.7 Å². The third kappa shape index (κ3) is 4.10. The highest BCUT2D eigenvalue weighted by molar-refractivity contribution is 8.01. The number of thiophene rings is 1. The molecular formula is C21H23NO4S2. The van der Waals surface area contributed by atoms with Gasteiger partial charge in [0.1, 0.15) is 10.6 Å². The van der Waals surface area contributed by atoms with Gasteiger partial charge in [-0.25, -0.2) is 4.79 Å². The summed E-state index contributed by atoms with van der Waals surface area (Å²) in [7, 11) is 1.64. The van der Waals surface area contributed by atoms with Gasteiger partial charge in [0, 0.05) is 17.7 Å². The maximum absolute atomic E-state index is 12.6. The van der Waals surface area contributed by atoms with E-state index in [0.29, 0.717) is 30.0 Å². The Hall–Kier alpha value is -2.25. The summed E-state index contributed by atoms with van der Waals surface area (Å²) in [5, 5.41) is 13.3. The van der Waals surface area contributed by atoms with E-state index < -0.39 is 0 Å². The Bertz CT molecular complexity index is 887. The molecule has 0 aliphatic heterocycles. The molecule has 7 heteroatoms. The number of methoxy groups -OCH3 is 1. The number of carbonyl (C=O) groups excluding carboxylic acids is 1. The summed E-state index contributed by atoms with van der Waals surface area (Å²) in [6.45, 7) is 5.89. The summed E-state index contributed by atoms with van der Waals surface area (Å²) >= 11 is 3.01. The van der Waals surface area contributed by atoms with Gasteiger partial charge in [0.15, 0.2) is 0 Å². The molecule has 0 amide bonds. The molecule has 3 rings (SSSR count). The third-order valence-electron chi connectivity index (χ3n) is 4.65. The minimum atomic E-state index is -0.318. The minimum Gasteiger partial charge on any atom is -0.497 e. The van der Waals surface area contributed by atoms with Crippen molar-refractivity contribution in [3.63, 3.8) is 0 Å². The predicted molar refractivity (Wildman–Crippen MR) is 114 cm³/mol. The van der Waals surface area contributed by atoms with Crippen LogP contribution in [0.3, 0.4) is 0 Å². The highest BCUT2D eigenvalue weighted by Gasteiger charge is 2.34. The molecule has 0 saturated heterocycles. The van der Waals surface area contributed by atoms with Crippen LogP contribution in [0.25, 0.3) is 0 Å². The second-order valence-corrected chi connectivity index (χ2v) is 8.63. The molecule has 0 radical (unpaired) electrons. The molecule has 148 valence electrons. The molecule has 0 saturated carbocycles. The largest absolute Gasteiger partial charge is 0.497 e. The predicted octanol–water partition coefficient (Wildman–Crippen LogP) is 5.12. The van der Waals surface area contributed by atoms with Crippen LogP contribution in [0.5, 0.6) is 5.75 Å². The monoisotopic (exact) mass is 417 g/mol. The molecule has 1 aromatic carbocycles. The number of benzene rings is 1. The summed E-state index contributed by atoms with van der Waals surface area (Å²) in [5.41, 5.74) is 3.52. The summed E-state index contributed by atoms with van der Waals surface area (Å²) in [6, 6.07) is 7.89. The molecule has 5 nitrogen and oxygen atoms in total. The summed E-state index contributed by atoms with van der Waals surface area (Å²) in [6.07, 6.45) is 3.12. The van der Waals surface area contributed by atoms with E-state index in [1.807, 2.05) is 30.3 Å². The van der Waals surface area contributed by atoms with Gasteiger partial charge in [-0.2, -0.15) is 0 Å². The first-order valence-corrected chi connectivity index (χ1v) is 10.8. The fraction of sp³-hybridized carbons (Fsp3) is 0.333. The zero-order valence-electron chi connectivity index (χ0n) is 15.9. The topological polar surface area (TPSA) is 68.1 Å². The number of thioether (sulfide) groups is 1. The van der Waals surface area contributed by atoms with E-state index in [1.165, 1.54) is 11.3 Å². The second-order valence-electron chi connectivity index (χ2n) is 6.32. The highest BCUT2D eigenvalue weighted by atomic mass is 32.2. The van der Waals surface area contributed by atoms with Crippen LogP contribution in [0.1, 0.15) is 45.6 Å². The van der Waals surface area contributed by atoms with Crippen LogP contribution in [0.4, 0.5) is 0 Å². The van der Waals surface area contributed by atoms with Crippen LogP contribution in [0, 0.1) is 0 Å². The molecule has 1 unspecified atom stereocenters. The van der Waals surface area contributed by atoms with Crippen molar-refractivity contribution in [2.24, 2.45) is 5.16 Å². The van der Waals surface area contributed by atoms with E-state index in [9.17, 15) is 10.0 Å². The van der Waals surface area contributed by atoms with E-state index in [-0.39, 0.29) is 11.9 Å². The van der Waals surface area contributed by atoms with Crippen LogP contribution < -0.4 is 4.74 Å². The lowest BCUT2D eigenvalue weighted by Gasteiger charge is -2.25. The zero-order chi connectivity index (χ0) is 20.1. The standard InChI is InChI=1S/C21H23NO4S2/c1-4-10-27-21-18-16(19(28-21)20(23)26-5-2)11-14(12-17(18)22-24)13-6-8-15(25-3)9-7-13/h4,6-9,14,24H,1,5,10-12H2,2-3H3/b22-17+. The molecule has 1 heterocycles. The lowest BCUT2D eigenvalue weighted by Crippen LogP contribution is -2.21. The number of oxime groups is 1. The summed E-state index contributed by atoms with van der Waals surface area (Å²) < 4.78 is 11.5. The first-order valence-electron chi connectivity index (χ1n) is 9.04. The van der Waals surface area contributed by atoms with E-state index in [2.05, 4.69) is 11.7 Å². The number of hydrogen-bond donors (Lipinski definition) is 1. The Balaban J connectivity index is 2.03. The lowest BCUT2D eigenvalue weighted by atomic mass is 9.80. The van der Waals surface area contributed by atoms with E-state index >= 15 is 0 Å². The van der Waals surface area contributed by atoms with Gasteiger partial charge in [-0.1, -0.05) is 23.4 Å². The van der Waals surface area contributed by atoms with Crippen molar-refractivity contribution in [3.05, 3.63) is 58.5 Å². The Labute approximate surface area is 173 Å². The van der Waals surface area contributed by atoms with E-state index in [4.69, 9.17) is 9.47 Å². The Morgan fingerprint density at radius 2 is 2.14 bits per heavy atom. The molecule has 1 atom stereocenters. The van der Waals surface area contributed by atoms with Crippen LogP contribution >= 0.6 is 23.1 Å². The number of carbonyl (C=O) groups is 1. The van der Waals surface area contributed by atoms with Crippen LogP contribution in [0.15, 0.2) is 46.3 Å². The SMILES string of the molecule is C=CCSc1sc(C(=O)OCC)c2c1/C(=N/O)CC(c1ccc(OC)cc1)C2. The Morgan fingerprint density at radius 1 is 1.39 bits per heavy atom. The number of rotatable bonds is 7. The maximum Gasteiger partial charge on any atom is 0.348 e. The highest BCUT2D eigenvalue weighted by Crippen LogP contribution is 2.44. The van der Waals surface area contributed by atoms with Crippen molar-refractivity contribution in [2.45, 2.75) is 29.9 Å². The van der Waals surface area contributed by atoms with Gasteiger partial charge >= 0.3 is 5.97 Å². The molecule has 1 aliphatic carbocycles. The number of nitrogens with zero attached hydrogens (tertiary/aromatic N) is 1. The molecule has 2 aromatic rings. The maximum atomic E-state index is 12.6. The molecular weight excluding hydrogens is 394 g/mol. The number of ether oxygens (including phenoxy) is 2. The number of esters is 1. The fourth-order valence-corrected chi connectivity index (χ4v) is 5.71. The molecule has 0 bridgehead atoms.